The van der Waals surface area contributed by atoms with Crippen LogP contribution in [-0.2, 0) is 0 Å². The van der Waals surface area contributed by atoms with Gasteiger partial charge in [-0.15, -0.1) is 0 Å². The van der Waals surface area contributed by atoms with Crippen molar-refractivity contribution < 1.29 is 4.39 Å². The summed E-state index contributed by atoms with van der Waals surface area (Å²) in [5.41, 5.74) is 1.90. The molecule has 0 aliphatic carbocycles. The lowest BCUT2D eigenvalue weighted by Gasteiger charge is -2.40. The Morgan fingerprint density at radius 1 is 1.38 bits per heavy atom. The van der Waals surface area contributed by atoms with Gasteiger partial charge in [0.1, 0.15) is 5.82 Å². The summed E-state index contributed by atoms with van der Waals surface area (Å²) in [5, 5.41) is 3.49. The molecule has 0 radical (unpaired) electrons. The van der Waals surface area contributed by atoms with Gasteiger partial charge in [-0.2, -0.15) is 0 Å². The van der Waals surface area contributed by atoms with Crippen molar-refractivity contribution in [1.82, 2.24) is 5.32 Å². The van der Waals surface area contributed by atoms with E-state index in [2.05, 4.69) is 44.0 Å². The van der Waals surface area contributed by atoms with Crippen LogP contribution in [0.2, 0.25) is 0 Å². The first-order chi connectivity index (χ1) is 10.0. The Balaban J connectivity index is 2.29. The van der Waals surface area contributed by atoms with Crippen LogP contribution in [0.15, 0.2) is 18.2 Å². The van der Waals surface area contributed by atoms with Crippen LogP contribution < -0.4 is 10.2 Å². The molecule has 1 aliphatic heterocycles. The lowest BCUT2D eigenvalue weighted by atomic mass is 9.91. The first-order valence-electron chi connectivity index (χ1n) is 8.33. The summed E-state index contributed by atoms with van der Waals surface area (Å²) in [4.78, 5) is 2.27. The van der Waals surface area contributed by atoms with Crippen molar-refractivity contribution in [3.8, 4) is 0 Å². The van der Waals surface area contributed by atoms with Crippen molar-refractivity contribution in [3.05, 3.63) is 29.6 Å². The van der Waals surface area contributed by atoms with Crippen molar-refractivity contribution in [2.45, 2.75) is 59.0 Å². The van der Waals surface area contributed by atoms with Crippen molar-refractivity contribution in [1.29, 1.82) is 0 Å². The molecule has 1 saturated heterocycles. The van der Waals surface area contributed by atoms with E-state index < -0.39 is 0 Å². The number of hydrogen-bond acceptors (Lipinski definition) is 2. The minimum atomic E-state index is -0.0842. The summed E-state index contributed by atoms with van der Waals surface area (Å²) in [7, 11) is 0. The maximum atomic E-state index is 14.5. The van der Waals surface area contributed by atoms with E-state index in [1.54, 1.807) is 6.07 Å². The van der Waals surface area contributed by atoms with Gasteiger partial charge in [-0.3, -0.25) is 0 Å². The second-order valence-corrected chi connectivity index (χ2v) is 6.53. The normalized spacial score (nSPS) is 24.1. The molecule has 1 N–H and O–H groups in total. The van der Waals surface area contributed by atoms with Crippen LogP contribution in [0.25, 0.3) is 0 Å². The molecule has 3 atom stereocenters. The van der Waals surface area contributed by atoms with Gasteiger partial charge in [0.25, 0.3) is 0 Å². The summed E-state index contributed by atoms with van der Waals surface area (Å²) in [6, 6.07) is 6.08. The monoisotopic (exact) mass is 292 g/mol. The minimum Gasteiger partial charge on any atom is -0.366 e. The van der Waals surface area contributed by atoms with Gasteiger partial charge < -0.3 is 10.2 Å². The molecule has 1 heterocycles. The standard InChI is InChI=1S/C18H29FN2/c1-5-10-20-15(4)16-7-6-8-17(19)18(16)21-11-9-13(2)12-14(21)3/h6-8,13-15,20H,5,9-12H2,1-4H3. The molecule has 1 aromatic carbocycles. The molecular weight excluding hydrogens is 263 g/mol. The van der Waals surface area contributed by atoms with Crippen LogP contribution in [0.3, 0.4) is 0 Å². The van der Waals surface area contributed by atoms with Gasteiger partial charge in [-0.05, 0) is 57.2 Å². The summed E-state index contributed by atoms with van der Waals surface area (Å²) in [6.45, 7) is 10.7. The van der Waals surface area contributed by atoms with E-state index in [4.69, 9.17) is 0 Å². The number of rotatable bonds is 5. The summed E-state index contributed by atoms with van der Waals surface area (Å²) >= 11 is 0. The quantitative estimate of drug-likeness (QED) is 0.859. The van der Waals surface area contributed by atoms with Crippen molar-refractivity contribution in [2.24, 2.45) is 5.92 Å². The number of anilines is 1. The fraction of sp³-hybridized carbons (Fsp3) is 0.667. The van der Waals surface area contributed by atoms with Gasteiger partial charge in [-0.25, -0.2) is 4.39 Å². The summed E-state index contributed by atoms with van der Waals surface area (Å²) in [6.07, 6.45) is 3.38. The van der Waals surface area contributed by atoms with Crippen LogP contribution in [0.5, 0.6) is 0 Å². The van der Waals surface area contributed by atoms with Crippen LogP contribution in [0.4, 0.5) is 10.1 Å². The lowest BCUT2D eigenvalue weighted by molar-refractivity contribution is 0.373. The number of halogens is 1. The number of para-hydroxylation sites is 1. The Hall–Kier alpha value is -1.09. The number of nitrogens with zero attached hydrogens (tertiary/aromatic N) is 1. The molecule has 0 amide bonds. The van der Waals surface area contributed by atoms with Crippen molar-refractivity contribution >= 4 is 5.69 Å². The van der Waals surface area contributed by atoms with E-state index in [0.717, 1.165) is 49.5 Å². The Morgan fingerprint density at radius 2 is 2.14 bits per heavy atom. The van der Waals surface area contributed by atoms with Crippen molar-refractivity contribution in [3.63, 3.8) is 0 Å². The first-order valence-corrected chi connectivity index (χ1v) is 8.33. The third-order valence-electron chi connectivity index (χ3n) is 4.61. The largest absolute Gasteiger partial charge is 0.366 e. The zero-order valence-electron chi connectivity index (χ0n) is 13.8. The van der Waals surface area contributed by atoms with E-state index in [1.165, 1.54) is 0 Å². The molecule has 3 unspecified atom stereocenters. The highest BCUT2D eigenvalue weighted by Crippen LogP contribution is 2.35. The molecule has 118 valence electrons. The SMILES string of the molecule is CCCNC(C)c1cccc(F)c1N1CCC(C)CC1C. The molecule has 3 heteroatoms. The van der Waals surface area contributed by atoms with E-state index >= 15 is 0 Å². The van der Waals surface area contributed by atoms with E-state index in [9.17, 15) is 4.39 Å². The van der Waals surface area contributed by atoms with Gasteiger partial charge in [0.2, 0.25) is 0 Å². The molecular formula is C18H29FN2. The minimum absolute atomic E-state index is 0.0842. The molecule has 21 heavy (non-hydrogen) atoms. The summed E-state index contributed by atoms with van der Waals surface area (Å²) < 4.78 is 14.5. The number of nitrogens with one attached hydrogen (secondary N) is 1. The highest BCUT2D eigenvalue weighted by molar-refractivity contribution is 5.57. The number of piperidine rings is 1. The molecule has 0 saturated carbocycles. The molecule has 0 spiro atoms. The average molecular weight is 292 g/mol. The third kappa shape index (κ3) is 3.76. The third-order valence-corrected chi connectivity index (χ3v) is 4.61. The molecule has 0 bridgehead atoms. The van der Waals surface area contributed by atoms with Crippen LogP contribution >= 0.6 is 0 Å². The van der Waals surface area contributed by atoms with Gasteiger partial charge in [0, 0.05) is 18.6 Å². The molecule has 0 aromatic heterocycles. The van der Waals surface area contributed by atoms with Gasteiger partial charge in [-0.1, -0.05) is 26.0 Å². The van der Waals surface area contributed by atoms with Gasteiger partial charge >= 0.3 is 0 Å². The zero-order chi connectivity index (χ0) is 15.4. The van der Waals surface area contributed by atoms with E-state index in [1.807, 2.05) is 6.07 Å². The Bertz CT molecular complexity index is 461. The van der Waals surface area contributed by atoms with Crippen LogP contribution in [-0.4, -0.2) is 19.1 Å². The second-order valence-electron chi connectivity index (χ2n) is 6.53. The lowest BCUT2D eigenvalue weighted by Crippen LogP contribution is -2.41. The molecule has 2 nitrogen and oxygen atoms in total. The fourth-order valence-corrected chi connectivity index (χ4v) is 3.39. The fourth-order valence-electron chi connectivity index (χ4n) is 3.39. The molecule has 1 fully saturated rings. The number of benzene rings is 1. The predicted molar refractivity (Wildman–Crippen MR) is 88.3 cm³/mol. The zero-order valence-corrected chi connectivity index (χ0v) is 13.8. The van der Waals surface area contributed by atoms with Crippen LogP contribution in [0, 0.1) is 11.7 Å². The first kappa shape index (κ1) is 16.3. The Labute approximate surface area is 128 Å². The Kier molecular flexibility index (Phi) is 5.63. The molecule has 1 aliphatic rings. The highest BCUT2D eigenvalue weighted by Gasteiger charge is 2.27. The highest BCUT2D eigenvalue weighted by atomic mass is 19.1. The summed E-state index contributed by atoms with van der Waals surface area (Å²) in [5.74, 6) is 0.654. The van der Waals surface area contributed by atoms with Crippen LogP contribution in [0.1, 0.15) is 58.6 Å². The van der Waals surface area contributed by atoms with E-state index in [0.29, 0.717) is 6.04 Å². The van der Waals surface area contributed by atoms with E-state index in [-0.39, 0.29) is 11.9 Å². The topological polar surface area (TPSA) is 15.3 Å². The van der Waals surface area contributed by atoms with Gasteiger partial charge in [0.15, 0.2) is 0 Å². The van der Waals surface area contributed by atoms with Gasteiger partial charge in [0.05, 0.1) is 5.69 Å². The average Bonchev–Trinajstić information content (AvgIpc) is 2.45. The maximum Gasteiger partial charge on any atom is 0.146 e. The Morgan fingerprint density at radius 3 is 2.81 bits per heavy atom. The predicted octanol–water partition coefficient (Wildman–Crippen LogP) is 4.51. The maximum absolute atomic E-state index is 14.5. The second kappa shape index (κ2) is 7.26. The smallest absolute Gasteiger partial charge is 0.146 e. The molecule has 1 aromatic rings. The van der Waals surface area contributed by atoms with Crippen molar-refractivity contribution in [2.75, 3.05) is 18.0 Å². The number of hydrogen-bond donors (Lipinski definition) is 1. The molecule has 2 rings (SSSR count).